The number of carbonyl (C=O) groups excluding carboxylic acids is 2. The molecule has 0 aromatic carbocycles. The van der Waals surface area contributed by atoms with Crippen LogP contribution in [0.3, 0.4) is 0 Å². The molecule has 0 rings (SSSR count). The van der Waals surface area contributed by atoms with Crippen molar-refractivity contribution < 1.29 is 9.59 Å². The van der Waals surface area contributed by atoms with E-state index < -0.39 is 11.9 Å². The number of nitrogens with one attached hydrogen (secondary N) is 3. The zero-order chi connectivity index (χ0) is 8.69. The van der Waals surface area contributed by atoms with Crippen LogP contribution in [-0.4, -0.2) is 19.0 Å². The first-order valence-corrected chi connectivity index (χ1v) is 2.91. The molecule has 0 heterocycles. The van der Waals surface area contributed by atoms with E-state index >= 15 is 0 Å². The number of rotatable bonds is 0. The predicted molar refractivity (Wildman–Crippen MR) is 39.2 cm³/mol. The maximum atomic E-state index is 10.5. The molecule has 0 aliphatic carbocycles. The van der Waals surface area contributed by atoms with Gasteiger partial charge in [0.15, 0.2) is 0 Å². The normalized spacial score (nSPS) is 7.09. The fourth-order valence-electron chi connectivity index (χ4n) is 0.321. The van der Waals surface area contributed by atoms with Gasteiger partial charge in [0.05, 0.1) is 0 Å². The fourth-order valence-corrected chi connectivity index (χ4v) is 0.321. The molecule has 0 bridgehead atoms. The van der Waals surface area contributed by atoms with Crippen LogP contribution in [0.2, 0.25) is 0 Å². The van der Waals surface area contributed by atoms with Crippen LogP contribution in [0.25, 0.3) is 0 Å². The summed E-state index contributed by atoms with van der Waals surface area (Å²) in [4.78, 5) is 21.0. The highest BCUT2D eigenvalue weighted by Gasteiger charge is 1.96. The van der Waals surface area contributed by atoms with Crippen LogP contribution >= 0.6 is 0 Å². The van der Waals surface area contributed by atoms with Gasteiger partial charge in [0, 0.05) is 7.05 Å². The number of amides is 3. The Bertz CT molecular complexity index is 214. The quantitative estimate of drug-likeness (QED) is 0.309. The first-order valence-electron chi connectivity index (χ1n) is 2.91. The second-order valence-electron chi connectivity index (χ2n) is 1.53. The van der Waals surface area contributed by atoms with Gasteiger partial charge < -0.3 is 5.32 Å². The third-order valence-electron chi connectivity index (χ3n) is 0.755. The summed E-state index contributed by atoms with van der Waals surface area (Å²) in [7, 11) is 1.44. The summed E-state index contributed by atoms with van der Waals surface area (Å²) in [6.45, 7) is 1.53. The van der Waals surface area contributed by atoms with Crippen LogP contribution in [0.15, 0.2) is 0 Å². The standard InChI is InChI=1S/C6H9N3O2/c1-3-4-5(10)8-9-6(11)7-2/h1-2H3,(H,8,10)(H2,7,9,11). The summed E-state index contributed by atoms with van der Waals surface area (Å²) in [5, 5.41) is 2.25. The molecule has 0 saturated carbocycles. The second-order valence-corrected chi connectivity index (χ2v) is 1.53. The van der Waals surface area contributed by atoms with Crippen molar-refractivity contribution in [1.82, 2.24) is 16.2 Å². The number of carbonyl (C=O) groups is 2. The van der Waals surface area contributed by atoms with E-state index in [0.717, 1.165) is 0 Å². The topological polar surface area (TPSA) is 70.2 Å². The molecule has 0 aliphatic heterocycles. The molecule has 11 heavy (non-hydrogen) atoms. The van der Waals surface area contributed by atoms with Crippen LogP contribution in [0.5, 0.6) is 0 Å². The summed E-state index contributed by atoms with van der Waals surface area (Å²) >= 11 is 0. The maximum absolute atomic E-state index is 10.5. The largest absolute Gasteiger partial charge is 0.340 e. The lowest BCUT2D eigenvalue weighted by molar-refractivity contribution is -0.116. The van der Waals surface area contributed by atoms with Gasteiger partial charge in [-0.2, -0.15) is 0 Å². The maximum Gasteiger partial charge on any atom is 0.333 e. The molecule has 5 nitrogen and oxygen atoms in total. The molecular formula is C6H9N3O2. The molecule has 0 unspecified atom stereocenters. The average Bonchev–Trinajstić information content (AvgIpc) is 2.01. The molecular weight excluding hydrogens is 146 g/mol. The average molecular weight is 155 g/mol. The third-order valence-corrected chi connectivity index (χ3v) is 0.755. The summed E-state index contributed by atoms with van der Waals surface area (Å²) in [6.07, 6.45) is 0. The van der Waals surface area contributed by atoms with Crippen molar-refractivity contribution in [1.29, 1.82) is 0 Å². The number of urea groups is 1. The van der Waals surface area contributed by atoms with Crippen LogP contribution in [0, 0.1) is 11.8 Å². The van der Waals surface area contributed by atoms with Gasteiger partial charge in [0.1, 0.15) is 0 Å². The minimum Gasteiger partial charge on any atom is -0.340 e. The van der Waals surface area contributed by atoms with E-state index in [2.05, 4.69) is 28.0 Å². The highest BCUT2D eigenvalue weighted by Crippen LogP contribution is 1.59. The minimum atomic E-state index is -0.545. The van der Waals surface area contributed by atoms with Gasteiger partial charge in [-0.3, -0.25) is 10.2 Å². The number of hydrogen-bond donors (Lipinski definition) is 3. The molecule has 0 aliphatic rings. The van der Waals surface area contributed by atoms with Crippen molar-refractivity contribution in [3.8, 4) is 11.8 Å². The van der Waals surface area contributed by atoms with E-state index in [-0.39, 0.29) is 0 Å². The van der Waals surface area contributed by atoms with Crippen LogP contribution in [-0.2, 0) is 4.79 Å². The molecule has 3 amide bonds. The summed E-state index contributed by atoms with van der Waals surface area (Å²) in [5.41, 5.74) is 4.12. The Hall–Kier alpha value is -1.70. The molecule has 0 fully saturated rings. The number of hydrogen-bond acceptors (Lipinski definition) is 2. The van der Waals surface area contributed by atoms with E-state index in [0.29, 0.717) is 0 Å². The molecule has 60 valence electrons. The highest BCUT2D eigenvalue weighted by molar-refractivity contribution is 5.94. The molecule has 3 N–H and O–H groups in total. The minimum absolute atomic E-state index is 0.490. The lowest BCUT2D eigenvalue weighted by Gasteiger charge is -2.01. The Labute approximate surface area is 64.5 Å². The van der Waals surface area contributed by atoms with Gasteiger partial charge in [-0.25, -0.2) is 10.2 Å². The van der Waals surface area contributed by atoms with Gasteiger partial charge in [0.25, 0.3) is 0 Å². The van der Waals surface area contributed by atoms with E-state index in [4.69, 9.17) is 0 Å². The molecule has 0 aromatic rings. The summed E-state index contributed by atoms with van der Waals surface area (Å²) in [6, 6.07) is -0.490. The molecule has 0 radical (unpaired) electrons. The Kier molecular flexibility index (Phi) is 4.32. The Morgan fingerprint density at radius 1 is 1.27 bits per heavy atom. The first-order chi connectivity index (χ1) is 5.20. The molecule has 0 aromatic heterocycles. The Morgan fingerprint density at radius 3 is 2.36 bits per heavy atom. The van der Waals surface area contributed by atoms with Gasteiger partial charge in [-0.05, 0) is 12.8 Å². The SMILES string of the molecule is CC#CC(=O)NNC(=O)NC. The third kappa shape index (κ3) is 4.78. The lowest BCUT2D eigenvalue weighted by atomic mass is 10.6. The van der Waals surface area contributed by atoms with Gasteiger partial charge in [-0.15, -0.1) is 0 Å². The summed E-state index contributed by atoms with van der Waals surface area (Å²) < 4.78 is 0. The Balaban J connectivity index is 3.60. The van der Waals surface area contributed by atoms with Crippen molar-refractivity contribution in [3.05, 3.63) is 0 Å². The van der Waals surface area contributed by atoms with E-state index in [1.807, 2.05) is 0 Å². The smallest absolute Gasteiger partial charge is 0.333 e. The van der Waals surface area contributed by atoms with E-state index in [9.17, 15) is 9.59 Å². The Morgan fingerprint density at radius 2 is 1.91 bits per heavy atom. The van der Waals surface area contributed by atoms with Crippen molar-refractivity contribution in [2.75, 3.05) is 7.05 Å². The second kappa shape index (κ2) is 5.11. The van der Waals surface area contributed by atoms with Gasteiger partial charge >= 0.3 is 11.9 Å². The van der Waals surface area contributed by atoms with Gasteiger partial charge in [-0.1, -0.05) is 5.92 Å². The lowest BCUT2D eigenvalue weighted by Crippen LogP contribution is -2.45. The number of hydrazine groups is 1. The van der Waals surface area contributed by atoms with Crippen molar-refractivity contribution in [3.63, 3.8) is 0 Å². The predicted octanol–water partition coefficient (Wildman–Crippen LogP) is -1.03. The molecule has 0 spiro atoms. The van der Waals surface area contributed by atoms with E-state index in [1.165, 1.54) is 14.0 Å². The van der Waals surface area contributed by atoms with Crippen molar-refractivity contribution in [2.45, 2.75) is 6.92 Å². The van der Waals surface area contributed by atoms with Crippen molar-refractivity contribution >= 4 is 11.9 Å². The van der Waals surface area contributed by atoms with Crippen molar-refractivity contribution in [2.24, 2.45) is 0 Å². The monoisotopic (exact) mass is 155 g/mol. The van der Waals surface area contributed by atoms with Gasteiger partial charge in [0.2, 0.25) is 0 Å². The zero-order valence-electron chi connectivity index (χ0n) is 6.32. The molecule has 0 saturated heterocycles. The highest BCUT2D eigenvalue weighted by atomic mass is 16.2. The van der Waals surface area contributed by atoms with Crippen LogP contribution in [0.4, 0.5) is 4.79 Å². The molecule has 5 heteroatoms. The first kappa shape index (κ1) is 9.30. The van der Waals surface area contributed by atoms with E-state index in [1.54, 1.807) is 0 Å². The van der Waals surface area contributed by atoms with Crippen LogP contribution in [0.1, 0.15) is 6.92 Å². The zero-order valence-corrected chi connectivity index (χ0v) is 6.32. The molecule has 0 atom stereocenters. The fraction of sp³-hybridized carbons (Fsp3) is 0.333. The van der Waals surface area contributed by atoms with Crippen LogP contribution < -0.4 is 16.2 Å². The summed E-state index contributed by atoms with van der Waals surface area (Å²) in [5.74, 6) is 4.01.